The van der Waals surface area contributed by atoms with Crippen molar-refractivity contribution in [3.8, 4) is 0 Å². The summed E-state index contributed by atoms with van der Waals surface area (Å²) in [5.74, 6) is 0.579. The van der Waals surface area contributed by atoms with E-state index in [9.17, 15) is 4.79 Å². The zero-order chi connectivity index (χ0) is 10.7. The summed E-state index contributed by atoms with van der Waals surface area (Å²) in [5.41, 5.74) is 0.656. The average Bonchev–Trinajstić information content (AvgIpc) is 2.98. The Labute approximate surface area is 93.4 Å². The number of amides is 1. The van der Waals surface area contributed by atoms with Crippen molar-refractivity contribution in [3.63, 3.8) is 0 Å². The largest absolute Gasteiger partial charge is 0.449 e. The molecule has 0 aromatic heterocycles. The molecule has 1 aromatic rings. The number of rotatable bonds is 3. The van der Waals surface area contributed by atoms with E-state index in [1.165, 1.54) is 12.8 Å². The number of hydrogen-bond donors (Lipinski definition) is 1. The van der Waals surface area contributed by atoms with Gasteiger partial charge in [-0.15, -0.1) is 0 Å². The van der Waals surface area contributed by atoms with Gasteiger partial charge in [-0.25, -0.2) is 4.79 Å². The van der Waals surface area contributed by atoms with Crippen LogP contribution in [0.2, 0.25) is 5.02 Å². The summed E-state index contributed by atoms with van der Waals surface area (Å²) >= 11 is 5.77. The molecule has 0 aliphatic heterocycles. The Bertz CT molecular complexity index is 363. The molecule has 0 heterocycles. The summed E-state index contributed by atoms with van der Waals surface area (Å²) in [4.78, 5) is 11.3. The zero-order valence-electron chi connectivity index (χ0n) is 8.20. The molecule has 4 heteroatoms. The molecule has 0 spiro atoms. The molecular formula is C11H12ClNO2. The van der Waals surface area contributed by atoms with Crippen molar-refractivity contribution in [1.29, 1.82) is 0 Å². The van der Waals surface area contributed by atoms with Gasteiger partial charge >= 0.3 is 6.09 Å². The number of carbonyl (C=O) groups is 1. The van der Waals surface area contributed by atoms with Crippen molar-refractivity contribution in [3.05, 3.63) is 29.3 Å². The molecule has 0 unspecified atom stereocenters. The number of hydrogen-bond acceptors (Lipinski definition) is 2. The molecule has 1 saturated carbocycles. The Morgan fingerprint density at radius 2 is 2.33 bits per heavy atom. The van der Waals surface area contributed by atoms with E-state index < -0.39 is 6.09 Å². The number of anilines is 1. The minimum Gasteiger partial charge on any atom is -0.449 e. The third-order valence-corrected chi connectivity index (χ3v) is 2.45. The van der Waals surface area contributed by atoms with Gasteiger partial charge in [0.05, 0.1) is 6.61 Å². The number of benzene rings is 1. The Morgan fingerprint density at radius 3 is 3.00 bits per heavy atom. The average molecular weight is 226 g/mol. The minimum absolute atomic E-state index is 0.413. The minimum atomic E-state index is -0.413. The van der Waals surface area contributed by atoms with E-state index in [1.807, 2.05) is 0 Å². The van der Waals surface area contributed by atoms with Crippen LogP contribution in [0.3, 0.4) is 0 Å². The Kier molecular flexibility index (Phi) is 3.11. The molecule has 3 nitrogen and oxygen atoms in total. The first-order valence-corrected chi connectivity index (χ1v) is 5.31. The monoisotopic (exact) mass is 225 g/mol. The smallest absolute Gasteiger partial charge is 0.411 e. The van der Waals surface area contributed by atoms with E-state index in [1.54, 1.807) is 24.3 Å². The van der Waals surface area contributed by atoms with Crippen molar-refractivity contribution < 1.29 is 9.53 Å². The number of carbonyl (C=O) groups excluding carboxylic acids is 1. The van der Waals surface area contributed by atoms with Crippen LogP contribution >= 0.6 is 11.6 Å². The normalized spacial score (nSPS) is 14.7. The number of nitrogens with one attached hydrogen (secondary N) is 1. The summed E-state index contributed by atoms with van der Waals surface area (Å²) in [6, 6.07) is 6.98. The second-order valence-electron chi connectivity index (χ2n) is 3.68. The predicted molar refractivity (Wildman–Crippen MR) is 59.1 cm³/mol. The van der Waals surface area contributed by atoms with Crippen LogP contribution in [0.1, 0.15) is 12.8 Å². The highest BCUT2D eigenvalue weighted by molar-refractivity contribution is 6.30. The topological polar surface area (TPSA) is 38.3 Å². The molecule has 0 bridgehead atoms. The van der Waals surface area contributed by atoms with Gasteiger partial charge in [-0.05, 0) is 37.0 Å². The molecule has 1 N–H and O–H groups in total. The maximum atomic E-state index is 11.3. The van der Waals surface area contributed by atoms with E-state index in [0.717, 1.165) is 0 Å². The summed E-state index contributed by atoms with van der Waals surface area (Å²) in [7, 11) is 0. The van der Waals surface area contributed by atoms with E-state index in [4.69, 9.17) is 16.3 Å². The van der Waals surface area contributed by atoms with Crippen LogP contribution in [0, 0.1) is 5.92 Å². The lowest BCUT2D eigenvalue weighted by Crippen LogP contribution is -2.14. The van der Waals surface area contributed by atoms with E-state index >= 15 is 0 Å². The van der Waals surface area contributed by atoms with Gasteiger partial charge in [-0.2, -0.15) is 0 Å². The highest BCUT2D eigenvalue weighted by Crippen LogP contribution is 2.28. The van der Waals surface area contributed by atoms with Crippen LogP contribution in [-0.2, 0) is 4.74 Å². The Balaban J connectivity index is 1.81. The first kappa shape index (κ1) is 10.3. The lowest BCUT2D eigenvalue weighted by atomic mass is 10.3. The predicted octanol–water partition coefficient (Wildman–Crippen LogP) is 3.30. The van der Waals surface area contributed by atoms with Crippen molar-refractivity contribution in [1.82, 2.24) is 0 Å². The molecule has 15 heavy (non-hydrogen) atoms. The first-order valence-electron chi connectivity index (χ1n) is 4.93. The fourth-order valence-electron chi connectivity index (χ4n) is 1.20. The second-order valence-corrected chi connectivity index (χ2v) is 4.11. The lowest BCUT2D eigenvalue weighted by Gasteiger charge is -2.06. The molecule has 1 fully saturated rings. The second kappa shape index (κ2) is 4.53. The molecule has 1 aliphatic rings. The molecule has 80 valence electrons. The van der Waals surface area contributed by atoms with Crippen LogP contribution in [0.25, 0.3) is 0 Å². The fourth-order valence-corrected chi connectivity index (χ4v) is 1.39. The summed E-state index contributed by atoms with van der Waals surface area (Å²) in [5, 5.41) is 3.21. The summed E-state index contributed by atoms with van der Waals surface area (Å²) in [6.07, 6.45) is 1.93. The molecule has 1 aromatic carbocycles. The van der Waals surface area contributed by atoms with Crippen LogP contribution < -0.4 is 5.32 Å². The molecule has 0 atom stereocenters. The van der Waals surface area contributed by atoms with Gasteiger partial charge in [0, 0.05) is 10.7 Å². The van der Waals surface area contributed by atoms with Crippen LogP contribution in [-0.4, -0.2) is 12.7 Å². The fraction of sp³-hybridized carbons (Fsp3) is 0.364. The first-order chi connectivity index (χ1) is 7.24. The van der Waals surface area contributed by atoms with Crippen molar-refractivity contribution in [2.45, 2.75) is 12.8 Å². The molecule has 1 aliphatic carbocycles. The van der Waals surface area contributed by atoms with Gasteiger partial charge in [-0.1, -0.05) is 17.7 Å². The third-order valence-electron chi connectivity index (χ3n) is 2.22. The number of ether oxygens (including phenoxy) is 1. The number of halogens is 1. The Morgan fingerprint density at radius 1 is 1.53 bits per heavy atom. The van der Waals surface area contributed by atoms with Gasteiger partial charge in [-0.3, -0.25) is 5.32 Å². The summed E-state index contributed by atoms with van der Waals surface area (Å²) < 4.78 is 5.02. The van der Waals surface area contributed by atoms with E-state index in [2.05, 4.69) is 5.32 Å². The molecular weight excluding hydrogens is 214 g/mol. The van der Waals surface area contributed by atoms with Gasteiger partial charge in [0.1, 0.15) is 0 Å². The quantitative estimate of drug-likeness (QED) is 0.857. The van der Waals surface area contributed by atoms with Crippen molar-refractivity contribution in [2.75, 3.05) is 11.9 Å². The summed E-state index contributed by atoms with van der Waals surface area (Å²) in [6.45, 7) is 0.520. The SMILES string of the molecule is O=C(Nc1cccc(Cl)c1)OCC1CC1. The van der Waals surface area contributed by atoms with E-state index in [0.29, 0.717) is 23.2 Å². The van der Waals surface area contributed by atoms with Crippen LogP contribution in [0.4, 0.5) is 10.5 Å². The lowest BCUT2D eigenvalue weighted by molar-refractivity contribution is 0.156. The highest BCUT2D eigenvalue weighted by atomic mass is 35.5. The molecule has 1 amide bonds. The van der Waals surface area contributed by atoms with Crippen LogP contribution in [0.5, 0.6) is 0 Å². The van der Waals surface area contributed by atoms with Crippen molar-refractivity contribution in [2.24, 2.45) is 5.92 Å². The van der Waals surface area contributed by atoms with Gasteiger partial charge in [0.15, 0.2) is 0 Å². The van der Waals surface area contributed by atoms with E-state index in [-0.39, 0.29) is 0 Å². The van der Waals surface area contributed by atoms with Crippen molar-refractivity contribution >= 4 is 23.4 Å². The van der Waals surface area contributed by atoms with Gasteiger partial charge < -0.3 is 4.74 Å². The third kappa shape index (κ3) is 3.44. The zero-order valence-corrected chi connectivity index (χ0v) is 8.96. The molecule has 0 saturated heterocycles. The maximum absolute atomic E-state index is 11.3. The standard InChI is InChI=1S/C11H12ClNO2/c12-9-2-1-3-10(6-9)13-11(14)15-7-8-4-5-8/h1-3,6,8H,4-5,7H2,(H,13,14). The highest BCUT2D eigenvalue weighted by Gasteiger charge is 2.22. The maximum Gasteiger partial charge on any atom is 0.411 e. The van der Waals surface area contributed by atoms with Crippen LogP contribution in [0.15, 0.2) is 24.3 Å². The van der Waals surface area contributed by atoms with Gasteiger partial charge in [0.2, 0.25) is 0 Å². The Hall–Kier alpha value is -1.22. The molecule has 0 radical (unpaired) electrons. The van der Waals surface area contributed by atoms with Gasteiger partial charge in [0.25, 0.3) is 0 Å². The molecule has 2 rings (SSSR count).